The van der Waals surface area contributed by atoms with E-state index in [2.05, 4.69) is 36.7 Å². The fourth-order valence-corrected chi connectivity index (χ4v) is 11.0. The lowest BCUT2D eigenvalue weighted by Gasteiger charge is -2.52. The molecule has 1 aromatic carbocycles. The van der Waals surface area contributed by atoms with Crippen molar-refractivity contribution in [3.8, 4) is 17.1 Å². The first-order valence-electron chi connectivity index (χ1n) is 20.8. The van der Waals surface area contributed by atoms with Crippen molar-refractivity contribution in [2.45, 2.75) is 102 Å². The van der Waals surface area contributed by atoms with E-state index in [1.807, 2.05) is 23.2 Å². The highest BCUT2D eigenvalue weighted by Gasteiger charge is 2.57. The lowest BCUT2D eigenvalue weighted by molar-refractivity contribution is -0.155. The first-order chi connectivity index (χ1) is 28.2. The van der Waals surface area contributed by atoms with E-state index in [-0.39, 0.29) is 29.3 Å². The van der Waals surface area contributed by atoms with Crippen LogP contribution in [0.15, 0.2) is 43.0 Å². The highest BCUT2D eigenvalue weighted by atomic mass is 19.4. The molecule has 12 nitrogen and oxygen atoms in total. The van der Waals surface area contributed by atoms with Gasteiger partial charge in [-0.1, -0.05) is 13.8 Å². The van der Waals surface area contributed by atoms with Crippen LogP contribution in [-0.4, -0.2) is 79.4 Å². The lowest BCUT2D eigenvalue weighted by atomic mass is 9.56. The van der Waals surface area contributed by atoms with Crippen LogP contribution in [0.1, 0.15) is 100 Å². The molecule has 4 aromatic rings. The number of nitrogens with one attached hydrogen (secondary N) is 1. The number of alkyl halides is 3. The molecule has 0 radical (unpaired) electrons. The summed E-state index contributed by atoms with van der Waals surface area (Å²) in [5.74, 6) is -2.33. The molecule has 1 spiro atoms. The minimum atomic E-state index is -5.04. The average molecular weight is 820 g/mol. The van der Waals surface area contributed by atoms with Crippen LogP contribution in [0.25, 0.3) is 22.3 Å². The SMILES string of the molecule is CC1CC2CC(C)C(NC(=O)c3cnc(-c4cn(C5CCC6(CC5)COC6)c5cc(OC6CCN(c7ncc(F)cn7)CC6)ccc45)nc3C(F)(F)F)(C(=O)O)C(C1)C2. The fraction of sp³-hybridized carbons (Fsp3) is 0.581. The number of carboxylic acid groups (broad SMARTS) is 1. The summed E-state index contributed by atoms with van der Waals surface area (Å²) in [5.41, 5.74) is -2.60. The topological polar surface area (TPSA) is 145 Å². The first-order valence-corrected chi connectivity index (χ1v) is 20.8. The number of anilines is 1. The van der Waals surface area contributed by atoms with E-state index >= 15 is 0 Å². The molecule has 16 heteroatoms. The number of halogens is 4. The van der Waals surface area contributed by atoms with E-state index < -0.39 is 52.5 Å². The van der Waals surface area contributed by atoms with Gasteiger partial charge in [0.05, 0.1) is 36.7 Å². The number of hydrogen-bond acceptors (Lipinski definition) is 9. The molecule has 2 bridgehead atoms. The van der Waals surface area contributed by atoms with Gasteiger partial charge < -0.3 is 29.4 Å². The van der Waals surface area contributed by atoms with Crippen LogP contribution in [0.4, 0.5) is 23.5 Å². The molecular formula is C43H49F4N7O5. The molecule has 2 aliphatic heterocycles. The third kappa shape index (κ3) is 7.28. The van der Waals surface area contributed by atoms with Crippen LogP contribution in [0, 0.1) is 34.9 Å². The Bertz CT molecular complexity index is 2230. The monoisotopic (exact) mass is 819 g/mol. The summed E-state index contributed by atoms with van der Waals surface area (Å²) in [4.78, 5) is 45.6. The van der Waals surface area contributed by atoms with Gasteiger partial charge in [-0.3, -0.25) is 4.79 Å². The number of nitrogens with zero attached hydrogens (tertiary/aromatic N) is 6. The number of rotatable bonds is 8. The largest absolute Gasteiger partial charge is 0.490 e. The van der Waals surface area contributed by atoms with Crippen molar-refractivity contribution >= 4 is 28.7 Å². The van der Waals surface area contributed by atoms with Crippen molar-refractivity contribution in [3.05, 3.63) is 60.1 Å². The Balaban J connectivity index is 1.02. The number of hydrogen-bond donors (Lipinski definition) is 2. The van der Waals surface area contributed by atoms with E-state index in [1.165, 1.54) is 0 Å². The van der Waals surface area contributed by atoms with Crippen molar-refractivity contribution in [1.29, 1.82) is 0 Å². The van der Waals surface area contributed by atoms with Crippen LogP contribution in [0.5, 0.6) is 5.75 Å². The quantitative estimate of drug-likeness (QED) is 0.169. The average Bonchev–Trinajstić information content (AvgIpc) is 3.57. The Morgan fingerprint density at radius 1 is 0.966 bits per heavy atom. The lowest BCUT2D eigenvalue weighted by Crippen LogP contribution is -2.66. The summed E-state index contributed by atoms with van der Waals surface area (Å²) in [5, 5.41) is 13.9. The summed E-state index contributed by atoms with van der Waals surface area (Å²) in [6, 6.07) is 5.60. The number of piperidine rings is 1. The number of carboxylic acids is 1. The maximum atomic E-state index is 15.0. The highest BCUT2D eigenvalue weighted by molar-refractivity contribution is 6.00. The van der Waals surface area contributed by atoms with Gasteiger partial charge in [-0.05, 0) is 87.2 Å². The minimum Gasteiger partial charge on any atom is -0.490 e. The van der Waals surface area contributed by atoms with E-state index in [0.717, 1.165) is 69.4 Å². The normalized spacial score (nSPS) is 27.4. The van der Waals surface area contributed by atoms with Crippen LogP contribution in [0.3, 0.4) is 0 Å². The Kier molecular flexibility index (Phi) is 10.1. The zero-order valence-electron chi connectivity index (χ0n) is 33.2. The van der Waals surface area contributed by atoms with E-state index in [9.17, 15) is 32.3 Å². The molecule has 5 fully saturated rings. The zero-order valence-corrected chi connectivity index (χ0v) is 33.2. The number of aliphatic carboxylic acids is 1. The smallest absolute Gasteiger partial charge is 0.434 e. The van der Waals surface area contributed by atoms with Crippen molar-refractivity contribution < 1.29 is 41.7 Å². The molecule has 2 saturated heterocycles. The van der Waals surface area contributed by atoms with Gasteiger partial charge in [-0.15, -0.1) is 0 Å². The molecule has 5 heterocycles. The van der Waals surface area contributed by atoms with Crippen LogP contribution < -0.4 is 15.0 Å². The van der Waals surface area contributed by atoms with Crippen molar-refractivity contribution in [2.75, 3.05) is 31.2 Å². The molecule has 9 rings (SSSR count). The van der Waals surface area contributed by atoms with Gasteiger partial charge >= 0.3 is 12.1 Å². The molecule has 5 aliphatic rings. The molecule has 2 N–H and O–H groups in total. The number of carbonyl (C=O) groups excluding carboxylic acids is 1. The molecule has 3 aromatic heterocycles. The van der Waals surface area contributed by atoms with Crippen LogP contribution in [-0.2, 0) is 15.7 Å². The Morgan fingerprint density at radius 2 is 1.69 bits per heavy atom. The van der Waals surface area contributed by atoms with E-state index in [4.69, 9.17) is 9.47 Å². The maximum Gasteiger partial charge on any atom is 0.434 e. The van der Waals surface area contributed by atoms with Crippen molar-refractivity contribution in [3.63, 3.8) is 0 Å². The standard InChI is InChI=1S/C43H49F4N7O5/c1-24-13-26-15-25(2)42(39(56)57,27(14-24)16-26)52-38(55)33-20-48-37(51-36(33)43(45,46)47)34-21-54(29-5-9-41(10-6-29)22-58-23-41)35-17-31(3-4-32(34)35)59-30-7-11-53(12-8-30)40-49-18-28(44)19-50-40/h3-4,17-21,24-27,29-30H,5-16,22-23H2,1-2H3,(H,52,55)(H,56,57). The third-order valence-electron chi connectivity index (χ3n) is 14.0. The minimum absolute atomic E-state index is 0.0607. The summed E-state index contributed by atoms with van der Waals surface area (Å²) in [6.07, 6.45) is 7.55. The number of ether oxygens (including phenoxy) is 2. The summed E-state index contributed by atoms with van der Waals surface area (Å²) in [7, 11) is 0. The van der Waals surface area contributed by atoms with Crippen LogP contribution in [0.2, 0.25) is 0 Å². The Morgan fingerprint density at radius 3 is 2.36 bits per heavy atom. The Hall–Kier alpha value is -4.86. The number of carbonyl (C=O) groups is 2. The highest BCUT2D eigenvalue weighted by Crippen LogP contribution is 2.51. The third-order valence-corrected chi connectivity index (χ3v) is 14.0. The number of amides is 1. The second kappa shape index (κ2) is 15.0. The molecule has 3 aliphatic carbocycles. The number of fused-ring (bicyclic) bond motifs is 3. The van der Waals surface area contributed by atoms with Gasteiger partial charge in [-0.2, -0.15) is 13.2 Å². The molecule has 3 saturated carbocycles. The summed E-state index contributed by atoms with van der Waals surface area (Å²) >= 11 is 0. The van der Waals surface area contributed by atoms with E-state index in [0.29, 0.717) is 73.8 Å². The van der Waals surface area contributed by atoms with Crippen molar-refractivity contribution in [2.24, 2.45) is 29.1 Å². The predicted molar refractivity (Wildman–Crippen MR) is 208 cm³/mol. The van der Waals surface area contributed by atoms with Gasteiger partial charge in [0.15, 0.2) is 17.3 Å². The number of aromatic nitrogens is 5. The predicted octanol–water partition coefficient (Wildman–Crippen LogP) is 7.87. The van der Waals surface area contributed by atoms with Gasteiger partial charge in [0.25, 0.3) is 5.91 Å². The molecule has 59 heavy (non-hydrogen) atoms. The molecule has 5 atom stereocenters. The zero-order chi connectivity index (χ0) is 41.3. The van der Waals surface area contributed by atoms with Crippen molar-refractivity contribution in [1.82, 2.24) is 29.8 Å². The first kappa shape index (κ1) is 39.6. The van der Waals surface area contributed by atoms with E-state index in [1.54, 1.807) is 13.0 Å². The second-order valence-corrected chi connectivity index (χ2v) is 18.0. The van der Waals surface area contributed by atoms with Gasteiger partial charge in [0.1, 0.15) is 17.4 Å². The van der Waals surface area contributed by atoms with Gasteiger partial charge in [-0.25, -0.2) is 29.1 Å². The Labute approximate surface area is 339 Å². The molecule has 5 unspecified atom stereocenters. The second-order valence-electron chi connectivity index (χ2n) is 18.0. The maximum absolute atomic E-state index is 15.0. The molecular weight excluding hydrogens is 771 g/mol. The molecule has 1 amide bonds. The van der Waals surface area contributed by atoms with Gasteiger partial charge in [0, 0.05) is 66.8 Å². The summed E-state index contributed by atoms with van der Waals surface area (Å²) in [6.45, 7) is 6.53. The fourth-order valence-electron chi connectivity index (χ4n) is 11.0. The number of benzene rings is 1. The van der Waals surface area contributed by atoms with Crippen LogP contribution >= 0.6 is 0 Å². The molecule has 314 valence electrons. The van der Waals surface area contributed by atoms with Gasteiger partial charge in [0.2, 0.25) is 5.95 Å². The summed E-state index contributed by atoms with van der Waals surface area (Å²) < 4.78 is 72.4.